The molecular formula is C13H22N2O2. The maximum absolute atomic E-state index is 10.4. The lowest BCUT2D eigenvalue weighted by Crippen LogP contribution is -2.17. The molecule has 96 valence electrons. The zero-order valence-electron chi connectivity index (χ0n) is 10.8. The van der Waals surface area contributed by atoms with Crippen molar-refractivity contribution < 1.29 is 9.59 Å². The Balaban J connectivity index is 3.92. The number of rotatable bonds is 10. The second-order valence-electron chi connectivity index (χ2n) is 4.19. The largest absolute Gasteiger partial charge is 0.235 e. The average molecular weight is 238 g/mol. The number of hydrogen-bond acceptors (Lipinski definition) is 4. The molecule has 4 nitrogen and oxygen atoms in total. The van der Waals surface area contributed by atoms with Crippen molar-refractivity contribution in [2.45, 2.75) is 58.4 Å². The number of isocyanates is 2. The second kappa shape index (κ2) is 11.3. The van der Waals surface area contributed by atoms with E-state index in [9.17, 15) is 9.59 Å². The molecule has 0 aliphatic carbocycles. The Kier molecular flexibility index (Phi) is 10.4. The Morgan fingerprint density at radius 2 is 1.71 bits per heavy atom. The second-order valence-corrected chi connectivity index (χ2v) is 4.19. The molecule has 0 spiro atoms. The molecule has 0 saturated carbocycles. The molecule has 0 aliphatic rings. The van der Waals surface area contributed by atoms with Crippen LogP contribution in [-0.4, -0.2) is 24.7 Å². The molecule has 0 saturated heterocycles. The summed E-state index contributed by atoms with van der Waals surface area (Å²) in [7, 11) is 0. The molecule has 0 aromatic rings. The molecule has 1 unspecified atom stereocenters. The van der Waals surface area contributed by atoms with Crippen molar-refractivity contribution in [2.24, 2.45) is 15.9 Å². The number of hydrogen-bond donors (Lipinski definition) is 0. The van der Waals surface area contributed by atoms with Gasteiger partial charge < -0.3 is 0 Å². The van der Waals surface area contributed by atoms with Gasteiger partial charge in [-0.25, -0.2) is 19.6 Å². The summed E-state index contributed by atoms with van der Waals surface area (Å²) in [6.45, 7) is 4.80. The molecule has 0 aromatic heterocycles. The molecule has 0 heterocycles. The maximum Gasteiger partial charge on any atom is 0.235 e. The van der Waals surface area contributed by atoms with Crippen molar-refractivity contribution in [1.82, 2.24) is 0 Å². The van der Waals surface area contributed by atoms with Crippen LogP contribution >= 0.6 is 0 Å². The summed E-state index contributed by atoms with van der Waals surface area (Å²) in [5, 5.41) is 0. The topological polar surface area (TPSA) is 58.9 Å². The van der Waals surface area contributed by atoms with Gasteiger partial charge in [-0.2, -0.15) is 0 Å². The highest BCUT2D eigenvalue weighted by Crippen LogP contribution is 2.21. The van der Waals surface area contributed by atoms with Crippen LogP contribution in [0.5, 0.6) is 0 Å². The minimum Gasteiger partial charge on any atom is -0.211 e. The van der Waals surface area contributed by atoms with E-state index in [0.717, 1.165) is 38.5 Å². The standard InChI is InChI=1S/C13H22N2O2/c1-3-12(4-2)13(15-11-17)8-6-5-7-9-14-10-16/h12-13H,3-9H2,1-2H3. The molecule has 0 amide bonds. The van der Waals surface area contributed by atoms with Gasteiger partial charge >= 0.3 is 0 Å². The normalized spacial score (nSPS) is 11.7. The fourth-order valence-electron chi connectivity index (χ4n) is 2.07. The van der Waals surface area contributed by atoms with E-state index in [1.807, 2.05) is 0 Å². The highest BCUT2D eigenvalue weighted by molar-refractivity contribution is 5.33. The van der Waals surface area contributed by atoms with Crippen molar-refractivity contribution >= 4 is 12.2 Å². The summed E-state index contributed by atoms with van der Waals surface area (Å²) in [5.41, 5.74) is 0. The van der Waals surface area contributed by atoms with Crippen LogP contribution in [0.4, 0.5) is 0 Å². The molecule has 1 atom stereocenters. The molecule has 0 rings (SSSR count). The van der Waals surface area contributed by atoms with Crippen molar-refractivity contribution in [2.75, 3.05) is 6.54 Å². The van der Waals surface area contributed by atoms with Gasteiger partial charge in [-0.15, -0.1) is 0 Å². The number of nitrogens with zero attached hydrogens (tertiary/aromatic N) is 2. The SMILES string of the molecule is CCC(CC)C(CCCCCN=C=O)N=C=O. The molecule has 0 aliphatic heterocycles. The molecule has 0 aromatic carbocycles. The first kappa shape index (κ1) is 15.8. The Bertz CT molecular complexity index is 275. The van der Waals surface area contributed by atoms with Crippen LogP contribution in [0.2, 0.25) is 0 Å². The number of carbonyl (C=O) groups excluding carboxylic acids is 2. The van der Waals surface area contributed by atoms with E-state index >= 15 is 0 Å². The minimum atomic E-state index is 0.108. The van der Waals surface area contributed by atoms with Gasteiger partial charge in [0.25, 0.3) is 0 Å². The van der Waals surface area contributed by atoms with Gasteiger partial charge in [-0.1, -0.05) is 39.5 Å². The molecule has 0 radical (unpaired) electrons. The van der Waals surface area contributed by atoms with E-state index in [-0.39, 0.29) is 6.04 Å². The van der Waals surface area contributed by atoms with Gasteiger partial charge in [0.1, 0.15) is 0 Å². The predicted molar refractivity (Wildman–Crippen MR) is 67.4 cm³/mol. The third-order valence-corrected chi connectivity index (χ3v) is 3.15. The number of unbranched alkanes of at least 4 members (excludes halogenated alkanes) is 2. The molecule has 0 fully saturated rings. The van der Waals surface area contributed by atoms with Crippen LogP contribution in [0.3, 0.4) is 0 Å². The van der Waals surface area contributed by atoms with Crippen molar-refractivity contribution in [1.29, 1.82) is 0 Å². The first-order chi connectivity index (χ1) is 8.29. The van der Waals surface area contributed by atoms with E-state index in [4.69, 9.17) is 0 Å². The zero-order valence-corrected chi connectivity index (χ0v) is 10.8. The van der Waals surface area contributed by atoms with E-state index in [0.29, 0.717) is 12.5 Å². The lowest BCUT2D eigenvalue weighted by atomic mass is 9.91. The maximum atomic E-state index is 10.4. The van der Waals surface area contributed by atoms with Gasteiger partial charge in [0.15, 0.2) is 0 Å². The van der Waals surface area contributed by atoms with E-state index in [1.54, 1.807) is 6.08 Å². The van der Waals surface area contributed by atoms with Crippen LogP contribution in [0.1, 0.15) is 52.4 Å². The fourth-order valence-corrected chi connectivity index (χ4v) is 2.07. The summed E-state index contributed by atoms with van der Waals surface area (Å²) in [6.07, 6.45) is 9.15. The van der Waals surface area contributed by atoms with E-state index in [1.165, 1.54) is 6.08 Å². The first-order valence-corrected chi connectivity index (χ1v) is 6.40. The summed E-state index contributed by atoms with van der Waals surface area (Å²) < 4.78 is 0. The minimum absolute atomic E-state index is 0.108. The summed E-state index contributed by atoms with van der Waals surface area (Å²) in [6, 6.07) is 0.108. The lowest BCUT2D eigenvalue weighted by molar-refractivity contribution is 0.368. The smallest absolute Gasteiger partial charge is 0.211 e. The van der Waals surface area contributed by atoms with Gasteiger partial charge in [0.05, 0.1) is 12.6 Å². The van der Waals surface area contributed by atoms with Crippen LogP contribution in [0.25, 0.3) is 0 Å². The first-order valence-electron chi connectivity index (χ1n) is 6.40. The van der Waals surface area contributed by atoms with Gasteiger partial charge in [0.2, 0.25) is 12.2 Å². The van der Waals surface area contributed by atoms with Crippen LogP contribution in [-0.2, 0) is 9.59 Å². The Morgan fingerprint density at radius 1 is 1.00 bits per heavy atom. The molecule has 4 heteroatoms. The van der Waals surface area contributed by atoms with Crippen molar-refractivity contribution in [3.63, 3.8) is 0 Å². The van der Waals surface area contributed by atoms with Gasteiger partial charge in [-0.05, 0) is 18.8 Å². The Morgan fingerprint density at radius 3 is 2.24 bits per heavy atom. The van der Waals surface area contributed by atoms with Crippen LogP contribution in [0.15, 0.2) is 9.98 Å². The van der Waals surface area contributed by atoms with Gasteiger partial charge in [0, 0.05) is 0 Å². The van der Waals surface area contributed by atoms with Crippen LogP contribution in [0, 0.1) is 5.92 Å². The zero-order chi connectivity index (χ0) is 12.9. The Hall–Kier alpha value is -1.24. The highest BCUT2D eigenvalue weighted by atomic mass is 16.1. The quantitative estimate of drug-likeness (QED) is 0.333. The summed E-state index contributed by atoms with van der Waals surface area (Å²) >= 11 is 0. The number of aliphatic imine (C=N–C) groups is 2. The summed E-state index contributed by atoms with van der Waals surface area (Å²) in [5.74, 6) is 0.476. The van der Waals surface area contributed by atoms with Crippen LogP contribution < -0.4 is 0 Å². The van der Waals surface area contributed by atoms with Crippen molar-refractivity contribution in [3.8, 4) is 0 Å². The lowest BCUT2D eigenvalue weighted by Gasteiger charge is -2.19. The average Bonchev–Trinajstić information content (AvgIpc) is 2.35. The third kappa shape index (κ3) is 7.62. The fraction of sp³-hybridized carbons (Fsp3) is 0.846. The summed E-state index contributed by atoms with van der Waals surface area (Å²) in [4.78, 5) is 27.6. The molecule has 0 N–H and O–H groups in total. The third-order valence-electron chi connectivity index (χ3n) is 3.15. The predicted octanol–water partition coefficient (Wildman–Crippen LogP) is 3.02. The Labute approximate surface area is 103 Å². The van der Waals surface area contributed by atoms with E-state index < -0.39 is 0 Å². The monoisotopic (exact) mass is 238 g/mol. The molecular weight excluding hydrogens is 216 g/mol. The van der Waals surface area contributed by atoms with Crippen molar-refractivity contribution in [3.05, 3.63) is 0 Å². The molecule has 0 bridgehead atoms. The highest BCUT2D eigenvalue weighted by Gasteiger charge is 2.16. The van der Waals surface area contributed by atoms with E-state index in [2.05, 4.69) is 23.8 Å². The van der Waals surface area contributed by atoms with Gasteiger partial charge in [-0.3, -0.25) is 0 Å². The molecule has 17 heavy (non-hydrogen) atoms.